The molecule has 10 heteroatoms. The first-order valence-corrected chi connectivity index (χ1v) is 10.6. The number of aromatic nitrogens is 2. The smallest absolute Gasteiger partial charge is 0.270 e. The third kappa shape index (κ3) is 5.39. The quantitative estimate of drug-likeness (QED) is 0.394. The second kappa shape index (κ2) is 9.88. The topological polar surface area (TPSA) is 108 Å². The van der Waals surface area contributed by atoms with E-state index < -0.39 is 10.8 Å². The molecule has 31 heavy (non-hydrogen) atoms. The lowest BCUT2D eigenvalue weighted by atomic mass is 10.1. The second-order valence-electron chi connectivity index (χ2n) is 6.31. The van der Waals surface area contributed by atoms with E-state index >= 15 is 0 Å². The number of benzene rings is 2. The highest BCUT2D eigenvalue weighted by atomic mass is 35.5. The van der Waals surface area contributed by atoms with Gasteiger partial charge in [-0.05, 0) is 37.3 Å². The van der Waals surface area contributed by atoms with Crippen molar-refractivity contribution in [1.82, 2.24) is 9.97 Å². The van der Waals surface area contributed by atoms with E-state index in [1.807, 2.05) is 6.07 Å². The van der Waals surface area contributed by atoms with Gasteiger partial charge < -0.3 is 15.0 Å². The number of rotatable bonds is 6. The number of carbonyl (C=O) groups excluding carboxylic acids is 1. The Hall–Kier alpha value is -2.99. The van der Waals surface area contributed by atoms with Gasteiger partial charge in [-0.25, -0.2) is 4.98 Å². The van der Waals surface area contributed by atoms with Crippen molar-refractivity contribution in [3.63, 3.8) is 0 Å². The molecular formula is C21H16Cl2N4O3S. The summed E-state index contributed by atoms with van der Waals surface area (Å²) in [7, 11) is 1.50. The highest BCUT2D eigenvalue weighted by molar-refractivity contribution is 8.00. The van der Waals surface area contributed by atoms with E-state index in [0.29, 0.717) is 27.0 Å². The minimum Gasteiger partial charge on any atom is -0.495 e. The van der Waals surface area contributed by atoms with Crippen molar-refractivity contribution in [3.05, 3.63) is 68.4 Å². The molecule has 7 nitrogen and oxygen atoms in total. The van der Waals surface area contributed by atoms with Crippen LogP contribution in [-0.4, -0.2) is 28.2 Å². The lowest BCUT2D eigenvalue weighted by Crippen LogP contribution is -2.23. The zero-order valence-corrected chi connectivity index (χ0v) is 18.7. The Bertz CT molecular complexity index is 1220. The Morgan fingerprint density at radius 2 is 1.97 bits per heavy atom. The average molecular weight is 475 g/mol. The monoisotopic (exact) mass is 474 g/mol. The van der Waals surface area contributed by atoms with Gasteiger partial charge in [0.25, 0.3) is 5.56 Å². The predicted molar refractivity (Wildman–Crippen MR) is 122 cm³/mol. The number of H-pyrrole nitrogens is 1. The van der Waals surface area contributed by atoms with Crippen molar-refractivity contribution in [2.24, 2.45) is 0 Å². The molecule has 0 saturated carbocycles. The van der Waals surface area contributed by atoms with Crippen LogP contribution < -0.4 is 15.6 Å². The van der Waals surface area contributed by atoms with Crippen molar-refractivity contribution in [3.8, 4) is 23.1 Å². The van der Waals surface area contributed by atoms with Crippen LogP contribution in [-0.2, 0) is 4.79 Å². The molecule has 158 valence electrons. The van der Waals surface area contributed by atoms with Crippen molar-refractivity contribution >= 4 is 46.6 Å². The Morgan fingerprint density at radius 1 is 1.26 bits per heavy atom. The molecule has 0 fully saturated rings. The Labute approximate surface area is 192 Å². The standard InChI is InChI=1S/C21H16Cl2N4O3S/c1-11(19(28)25-14-7-8-17(30-2)16(23)9-14)31-21-26-18(15(10-24)20(29)27-21)12-3-5-13(22)6-4-12/h3-9,11H,1-2H3,(H,25,28)(H,26,27,29). The van der Waals surface area contributed by atoms with Gasteiger partial charge in [0, 0.05) is 16.3 Å². The van der Waals surface area contributed by atoms with E-state index in [1.54, 1.807) is 49.4 Å². The molecule has 1 aromatic heterocycles. The average Bonchev–Trinajstić information content (AvgIpc) is 2.74. The lowest BCUT2D eigenvalue weighted by Gasteiger charge is -2.13. The molecule has 1 heterocycles. The van der Waals surface area contributed by atoms with Gasteiger partial charge in [-0.15, -0.1) is 0 Å². The third-order valence-electron chi connectivity index (χ3n) is 4.20. The second-order valence-corrected chi connectivity index (χ2v) is 8.49. The van der Waals surface area contributed by atoms with Crippen LogP contribution in [0.3, 0.4) is 0 Å². The van der Waals surface area contributed by atoms with E-state index in [4.69, 9.17) is 27.9 Å². The number of nitrogens with one attached hydrogen (secondary N) is 2. The number of ether oxygens (including phenoxy) is 1. The number of halogens is 2. The molecule has 0 spiro atoms. The predicted octanol–water partition coefficient (Wildman–Crippen LogP) is 4.74. The summed E-state index contributed by atoms with van der Waals surface area (Å²) < 4.78 is 5.09. The van der Waals surface area contributed by atoms with Gasteiger partial charge in [0.2, 0.25) is 5.91 Å². The normalized spacial score (nSPS) is 11.5. The van der Waals surface area contributed by atoms with Crippen molar-refractivity contribution in [2.45, 2.75) is 17.3 Å². The summed E-state index contributed by atoms with van der Waals surface area (Å²) in [6.45, 7) is 1.67. The van der Waals surface area contributed by atoms with Gasteiger partial charge in [0.05, 0.1) is 23.1 Å². The maximum absolute atomic E-state index is 12.6. The Morgan fingerprint density at radius 3 is 2.58 bits per heavy atom. The summed E-state index contributed by atoms with van der Waals surface area (Å²) in [6, 6.07) is 13.4. The fraction of sp³-hybridized carbons (Fsp3) is 0.143. The first kappa shape index (κ1) is 22.7. The number of nitriles is 1. The van der Waals surface area contributed by atoms with Crippen LogP contribution in [0.5, 0.6) is 5.75 Å². The molecule has 0 saturated heterocycles. The fourth-order valence-electron chi connectivity index (χ4n) is 2.64. The number of hydrogen-bond donors (Lipinski definition) is 2. The molecule has 2 N–H and O–H groups in total. The number of carbonyl (C=O) groups is 1. The van der Waals surface area contributed by atoms with Crippen LogP contribution in [0, 0.1) is 11.3 Å². The number of aromatic amines is 1. The van der Waals surface area contributed by atoms with E-state index in [0.717, 1.165) is 11.8 Å². The van der Waals surface area contributed by atoms with Crippen molar-refractivity contribution in [2.75, 3.05) is 12.4 Å². The summed E-state index contributed by atoms with van der Waals surface area (Å²) in [6.07, 6.45) is 0. The van der Waals surface area contributed by atoms with Gasteiger partial charge >= 0.3 is 0 Å². The van der Waals surface area contributed by atoms with Crippen LogP contribution in [0.2, 0.25) is 10.0 Å². The summed E-state index contributed by atoms with van der Waals surface area (Å²) in [5.74, 6) is 0.183. The first-order chi connectivity index (χ1) is 14.8. The zero-order valence-electron chi connectivity index (χ0n) is 16.4. The summed E-state index contributed by atoms with van der Waals surface area (Å²) in [5, 5.41) is 12.6. The Balaban J connectivity index is 1.82. The van der Waals surface area contributed by atoms with Gasteiger partial charge in [0.15, 0.2) is 5.16 Å². The molecule has 1 unspecified atom stereocenters. The van der Waals surface area contributed by atoms with Crippen LogP contribution in [0.4, 0.5) is 5.69 Å². The van der Waals surface area contributed by atoms with Crippen molar-refractivity contribution < 1.29 is 9.53 Å². The van der Waals surface area contributed by atoms with Crippen LogP contribution in [0.25, 0.3) is 11.3 Å². The van der Waals surface area contributed by atoms with E-state index in [9.17, 15) is 14.9 Å². The van der Waals surface area contributed by atoms with Crippen LogP contribution in [0.15, 0.2) is 52.4 Å². The number of nitrogens with zero attached hydrogens (tertiary/aromatic N) is 2. The maximum atomic E-state index is 12.6. The molecule has 0 radical (unpaired) electrons. The zero-order chi connectivity index (χ0) is 22.5. The molecule has 1 amide bonds. The molecule has 0 aliphatic rings. The molecule has 2 aromatic carbocycles. The van der Waals surface area contributed by atoms with Gasteiger partial charge in [-0.3, -0.25) is 9.59 Å². The molecule has 0 bridgehead atoms. The first-order valence-electron chi connectivity index (χ1n) is 8.93. The van der Waals surface area contributed by atoms with E-state index in [2.05, 4.69) is 15.3 Å². The van der Waals surface area contributed by atoms with Gasteiger partial charge in [-0.2, -0.15) is 5.26 Å². The number of hydrogen-bond acceptors (Lipinski definition) is 6. The molecule has 0 aliphatic carbocycles. The summed E-state index contributed by atoms with van der Waals surface area (Å²) in [5.41, 5.74) is 0.598. The molecule has 1 atom stereocenters. The highest BCUT2D eigenvalue weighted by Gasteiger charge is 2.19. The number of anilines is 1. The fourth-order valence-corrected chi connectivity index (χ4v) is 3.82. The Kier molecular flexibility index (Phi) is 7.23. The molecular weight excluding hydrogens is 459 g/mol. The summed E-state index contributed by atoms with van der Waals surface area (Å²) >= 11 is 13.1. The number of methoxy groups -OCH3 is 1. The largest absolute Gasteiger partial charge is 0.495 e. The van der Waals surface area contributed by atoms with Crippen LogP contribution >= 0.6 is 35.0 Å². The molecule has 0 aliphatic heterocycles. The minimum atomic E-state index is -0.602. The number of thioether (sulfide) groups is 1. The van der Waals surface area contributed by atoms with Gasteiger partial charge in [-0.1, -0.05) is 47.1 Å². The van der Waals surface area contributed by atoms with Crippen LogP contribution in [0.1, 0.15) is 12.5 Å². The number of amides is 1. The summed E-state index contributed by atoms with van der Waals surface area (Å²) in [4.78, 5) is 31.9. The highest BCUT2D eigenvalue weighted by Crippen LogP contribution is 2.29. The molecule has 3 aromatic rings. The van der Waals surface area contributed by atoms with E-state index in [1.165, 1.54) is 7.11 Å². The maximum Gasteiger partial charge on any atom is 0.270 e. The van der Waals surface area contributed by atoms with Gasteiger partial charge in [0.1, 0.15) is 17.4 Å². The SMILES string of the molecule is COc1ccc(NC(=O)C(C)Sc2nc(-c3ccc(Cl)cc3)c(C#N)c(=O)[nH]2)cc1Cl. The molecule has 3 rings (SSSR count). The lowest BCUT2D eigenvalue weighted by molar-refractivity contribution is -0.115. The minimum absolute atomic E-state index is 0.114. The van der Waals surface area contributed by atoms with E-state index in [-0.39, 0.29) is 22.3 Å². The third-order valence-corrected chi connectivity index (χ3v) is 5.74. The van der Waals surface area contributed by atoms with Crippen molar-refractivity contribution in [1.29, 1.82) is 5.26 Å².